The van der Waals surface area contributed by atoms with Crippen molar-refractivity contribution < 1.29 is 4.42 Å². The molecule has 0 atom stereocenters. The molecule has 0 aliphatic rings. The predicted molar refractivity (Wildman–Crippen MR) is 71.9 cm³/mol. The van der Waals surface area contributed by atoms with Crippen molar-refractivity contribution in [3.05, 3.63) is 59.1 Å². The van der Waals surface area contributed by atoms with Gasteiger partial charge in [-0.3, -0.25) is 0 Å². The molecular weight excluding hydrogens is 268 g/mol. The molecule has 0 aliphatic carbocycles. The second kappa shape index (κ2) is 4.92. The summed E-state index contributed by atoms with van der Waals surface area (Å²) in [6, 6.07) is 11.4. The fourth-order valence-electron chi connectivity index (χ4n) is 1.61. The molecule has 3 aromatic rings. The Morgan fingerprint density at radius 3 is 2.72 bits per heavy atom. The molecule has 3 rings (SSSR count). The van der Waals surface area contributed by atoms with Gasteiger partial charge in [-0.25, -0.2) is 4.98 Å². The Kier molecular flexibility index (Phi) is 3.13. The van der Waals surface area contributed by atoms with E-state index in [9.17, 15) is 0 Å². The summed E-state index contributed by atoms with van der Waals surface area (Å²) in [5.41, 5.74) is 1.14. The lowest BCUT2D eigenvalue weighted by molar-refractivity contribution is 0.581. The van der Waals surface area contributed by atoms with E-state index in [2.05, 4.69) is 9.36 Å². The van der Waals surface area contributed by atoms with Crippen LogP contribution in [0.5, 0.6) is 0 Å². The zero-order valence-corrected chi connectivity index (χ0v) is 10.9. The van der Waals surface area contributed by atoms with Gasteiger partial charge in [0.2, 0.25) is 0 Å². The third kappa shape index (κ3) is 2.44. The minimum atomic E-state index is 0.703. The molecule has 0 saturated carbocycles. The van der Waals surface area contributed by atoms with Crippen molar-refractivity contribution >= 4 is 23.1 Å². The van der Waals surface area contributed by atoms with Crippen LogP contribution >= 0.6 is 23.1 Å². The molecule has 90 valence electrons. The van der Waals surface area contributed by atoms with E-state index in [1.54, 1.807) is 6.26 Å². The molecule has 0 amide bonds. The number of nitrogens with zero attached hydrogens (tertiary/aromatic N) is 2. The van der Waals surface area contributed by atoms with Crippen molar-refractivity contribution in [2.75, 3.05) is 0 Å². The van der Waals surface area contributed by atoms with Gasteiger partial charge in [0, 0.05) is 11.4 Å². The van der Waals surface area contributed by atoms with E-state index in [0.717, 1.165) is 27.2 Å². The molecule has 0 saturated heterocycles. The van der Waals surface area contributed by atoms with Gasteiger partial charge < -0.3 is 4.42 Å². The molecule has 3 nitrogen and oxygen atoms in total. The molecule has 0 radical (unpaired) electrons. The van der Waals surface area contributed by atoms with Crippen molar-refractivity contribution in [1.29, 1.82) is 0 Å². The third-order valence-corrected chi connectivity index (χ3v) is 3.49. The minimum absolute atomic E-state index is 0.703. The highest BCUT2D eigenvalue weighted by Crippen LogP contribution is 2.22. The zero-order chi connectivity index (χ0) is 12.4. The van der Waals surface area contributed by atoms with Gasteiger partial charge in [-0.05, 0) is 41.4 Å². The fraction of sp³-hybridized carbons (Fsp3) is 0.0769. The van der Waals surface area contributed by atoms with E-state index in [4.69, 9.17) is 16.0 Å². The van der Waals surface area contributed by atoms with Gasteiger partial charge in [0.15, 0.2) is 10.8 Å². The van der Waals surface area contributed by atoms with Crippen molar-refractivity contribution in [2.45, 2.75) is 6.42 Å². The van der Waals surface area contributed by atoms with Crippen LogP contribution in [0.4, 0.5) is 0 Å². The highest BCUT2D eigenvalue weighted by molar-refractivity contribution is 7.09. The second-order valence-corrected chi connectivity index (χ2v) is 4.98. The standard InChI is InChI=1S/C13H9ClN2OS/c14-10-5-3-9(4-6-10)8-12-15-13(18-16-12)11-2-1-7-17-11/h1-7H,8H2. The minimum Gasteiger partial charge on any atom is -0.462 e. The number of aromatic nitrogens is 2. The fourth-order valence-corrected chi connectivity index (χ4v) is 2.39. The Balaban J connectivity index is 1.80. The van der Waals surface area contributed by atoms with Gasteiger partial charge in [0.05, 0.1) is 6.26 Å². The van der Waals surface area contributed by atoms with E-state index in [1.165, 1.54) is 11.5 Å². The molecule has 5 heteroatoms. The van der Waals surface area contributed by atoms with Crippen LogP contribution in [0.2, 0.25) is 5.02 Å². The highest BCUT2D eigenvalue weighted by atomic mass is 35.5. The zero-order valence-electron chi connectivity index (χ0n) is 9.34. The molecule has 1 aromatic carbocycles. The average Bonchev–Trinajstić information content (AvgIpc) is 3.02. The number of furan rings is 1. The number of halogens is 1. The van der Waals surface area contributed by atoms with Crippen molar-refractivity contribution in [3.63, 3.8) is 0 Å². The van der Waals surface area contributed by atoms with Gasteiger partial charge in [-0.1, -0.05) is 23.7 Å². The van der Waals surface area contributed by atoms with Crippen LogP contribution < -0.4 is 0 Å². The molecular formula is C13H9ClN2OS. The van der Waals surface area contributed by atoms with Crippen molar-refractivity contribution in [1.82, 2.24) is 9.36 Å². The largest absolute Gasteiger partial charge is 0.462 e. The SMILES string of the molecule is Clc1ccc(Cc2nsc(-c3ccco3)n2)cc1. The molecule has 0 aliphatic heterocycles. The molecule has 2 aromatic heterocycles. The summed E-state index contributed by atoms with van der Waals surface area (Å²) in [5, 5.41) is 1.55. The first kappa shape index (κ1) is 11.4. The lowest BCUT2D eigenvalue weighted by atomic mass is 10.1. The normalized spacial score (nSPS) is 10.7. The quantitative estimate of drug-likeness (QED) is 0.725. The van der Waals surface area contributed by atoms with E-state index in [0.29, 0.717) is 6.42 Å². The summed E-state index contributed by atoms with van der Waals surface area (Å²) in [4.78, 5) is 4.45. The molecule has 0 spiro atoms. The van der Waals surface area contributed by atoms with E-state index >= 15 is 0 Å². The van der Waals surface area contributed by atoms with Crippen LogP contribution in [-0.2, 0) is 6.42 Å². The summed E-state index contributed by atoms with van der Waals surface area (Å²) in [6.07, 6.45) is 2.34. The Morgan fingerprint density at radius 2 is 2.00 bits per heavy atom. The van der Waals surface area contributed by atoms with Crippen molar-refractivity contribution in [3.8, 4) is 10.8 Å². The van der Waals surface area contributed by atoms with Gasteiger partial charge >= 0.3 is 0 Å². The summed E-state index contributed by atoms with van der Waals surface area (Å²) < 4.78 is 9.62. The Morgan fingerprint density at radius 1 is 1.17 bits per heavy atom. The maximum Gasteiger partial charge on any atom is 0.179 e. The Bertz CT molecular complexity index is 631. The first-order chi connectivity index (χ1) is 8.81. The summed E-state index contributed by atoms with van der Waals surface area (Å²) in [7, 11) is 0. The summed E-state index contributed by atoms with van der Waals surface area (Å²) in [6.45, 7) is 0. The van der Waals surface area contributed by atoms with Crippen LogP contribution in [0.1, 0.15) is 11.4 Å². The molecule has 18 heavy (non-hydrogen) atoms. The van der Waals surface area contributed by atoms with Gasteiger partial charge in [-0.2, -0.15) is 4.37 Å². The number of benzene rings is 1. The van der Waals surface area contributed by atoms with Crippen LogP contribution in [0.15, 0.2) is 47.1 Å². The van der Waals surface area contributed by atoms with Crippen LogP contribution in [0.25, 0.3) is 10.8 Å². The van der Waals surface area contributed by atoms with E-state index in [-0.39, 0.29) is 0 Å². The number of rotatable bonds is 3. The van der Waals surface area contributed by atoms with Crippen LogP contribution in [0, 0.1) is 0 Å². The summed E-state index contributed by atoms with van der Waals surface area (Å²) >= 11 is 7.19. The molecule has 0 unspecified atom stereocenters. The van der Waals surface area contributed by atoms with E-state index in [1.807, 2.05) is 36.4 Å². The van der Waals surface area contributed by atoms with Crippen molar-refractivity contribution in [2.24, 2.45) is 0 Å². The summed E-state index contributed by atoms with van der Waals surface area (Å²) in [5.74, 6) is 1.56. The van der Waals surface area contributed by atoms with Crippen LogP contribution in [0.3, 0.4) is 0 Å². The smallest absolute Gasteiger partial charge is 0.179 e. The second-order valence-electron chi connectivity index (χ2n) is 3.80. The van der Waals surface area contributed by atoms with Gasteiger partial charge in [-0.15, -0.1) is 0 Å². The topological polar surface area (TPSA) is 38.9 Å². The van der Waals surface area contributed by atoms with Gasteiger partial charge in [0.25, 0.3) is 0 Å². The lowest BCUT2D eigenvalue weighted by Crippen LogP contribution is -1.90. The Labute approximate surface area is 113 Å². The number of hydrogen-bond acceptors (Lipinski definition) is 4. The molecule has 2 heterocycles. The maximum absolute atomic E-state index is 5.84. The molecule has 0 fully saturated rings. The van der Waals surface area contributed by atoms with Crippen LogP contribution in [-0.4, -0.2) is 9.36 Å². The average molecular weight is 277 g/mol. The predicted octanol–water partition coefficient (Wildman–Crippen LogP) is 4.04. The van der Waals surface area contributed by atoms with E-state index < -0.39 is 0 Å². The monoisotopic (exact) mass is 276 g/mol. The molecule has 0 N–H and O–H groups in total. The Hall–Kier alpha value is -1.65. The first-order valence-electron chi connectivity index (χ1n) is 5.42. The molecule has 0 bridgehead atoms. The lowest BCUT2D eigenvalue weighted by Gasteiger charge is -1.96. The maximum atomic E-state index is 5.84. The van der Waals surface area contributed by atoms with Gasteiger partial charge in [0.1, 0.15) is 5.82 Å². The third-order valence-electron chi connectivity index (χ3n) is 2.48. The first-order valence-corrected chi connectivity index (χ1v) is 6.57. The number of hydrogen-bond donors (Lipinski definition) is 0. The highest BCUT2D eigenvalue weighted by Gasteiger charge is 2.09.